The first-order valence-electron chi connectivity index (χ1n) is 6.90. The summed E-state index contributed by atoms with van der Waals surface area (Å²) in [5.41, 5.74) is 3.72. The molecule has 0 unspecified atom stereocenters. The molecule has 0 amide bonds. The summed E-state index contributed by atoms with van der Waals surface area (Å²) in [6, 6.07) is 11.2. The number of aliphatic hydroxyl groups excluding tert-OH is 2. The Morgan fingerprint density at radius 2 is 1.64 bits per heavy atom. The Hall–Kier alpha value is -2.30. The molecular formula is C18H20O4. The van der Waals surface area contributed by atoms with E-state index in [2.05, 4.69) is 6.58 Å². The zero-order valence-corrected chi connectivity index (χ0v) is 12.8. The number of hydrogen-bond acceptors (Lipinski definition) is 4. The Morgan fingerprint density at radius 3 is 2.14 bits per heavy atom. The first kappa shape index (κ1) is 16.1. The Bertz CT molecular complexity index is 660. The maximum absolute atomic E-state index is 9.57. The number of benzene rings is 2. The Morgan fingerprint density at radius 1 is 0.955 bits per heavy atom. The quantitative estimate of drug-likeness (QED) is 0.861. The van der Waals surface area contributed by atoms with Gasteiger partial charge < -0.3 is 19.7 Å². The van der Waals surface area contributed by atoms with E-state index in [9.17, 15) is 10.2 Å². The number of aliphatic hydroxyl groups is 2. The van der Waals surface area contributed by atoms with Crippen molar-refractivity contribution in [3.05, 3.63) is 65.2 Å². The molecule has 0 aliphatic heterocycles. The van der Waals surface area contributed by atoms with Gasteiger partial charge in [0, 0.05) is 11.1 Å². The van der Waals surface area contributed by atoms with Gasteiger partial charge in [0.1, 0.15) is 11.5 Å². The van der Waals surface area contributed by atoms with Gasteiger partial charge in [0.15, 0.2) is 0 Å². The molecule has 2 N–H and O–H groups in total. The molecule has 22 heavy (non-hydrogen) atoms. The van der Waals surface area contributed by atoms with Crippen LogP contribution in [0.1, 0.15) is 22.3 Å². The van der Waals surface area contributed by atoms with E-state index in [4.69, 9.17) is 9.47 Å². The van der Waals surface area contributed by atoms with E-state index in [1.807, 2.05) is 30.3 Å². The molecular weight excluding hydrogens is 280 g/mol. The van der Waals surface area contributed by atoms with E-state index >= 15 is 0 Å². The molecule has 0 aliphatic carbocycles. The summed E-state index contributed by atoms with van der Waals surface area (Å²) in [5, 5.41) is 18.9. The van der Waals surface area contributed by atoms with Gasteiger partial charge in [-0.1, -0.05) is 30.8 Å². The highest BCUT2D eigenvalue weighted by Gasteiger charge is 2.16. The van der Waals surface area contributed by atoms with E-state index in [-0.39, 0.29) is 13.2 Å². The van der Waals surface area contributed by atoms with Gasteiger partial charge in [-0.15, -0.1) is 0 Å². The van der Waals surface area contributed by atoms with Crippen LogP contribution in [0.15, 0.2) is 43.0 Å². The number of rotatable bonds is 6. The van der Waals surface area contributed by atoms with Gasteiger partial charge in [-0.2, -0.15) is 0 Å². The maximum atomic E-state index is 9.57. The standard InChI is InChI=1S/C18H20O4/c1-12(13-4-7-15(21-2)8-5-13)16-9-6-14(10-19)17(11-20)18(16)22-3/h4-9,19-20H,1,10-11H2,2-3H3. The molecule has 0 fully saturated rings. The van der Waals surface area contributed by atoms with E-state index in [1.54, 1.807) is 20.3 Å². The van der Waals surface area contributed by atoms with E-state index in [0.29, 0.717) is 16.9 Å². The van der Waals surface area contributed by atoms with E-state index in [0.717, 1.165) is 22.4 Å². The van der Waals surface area contributed by atoms with Crippen LogP contribution in [0.3, 0.4) is 0 Å². The molecule has 0 aliphatic rings. The number of ether oxygens (including phenoxy) is 2. The molecule has 0 saturated carbocycles. The second-order valence-corrected chi connectivity index (χ2v) is 4.81. The Labute approximate surface area is 130 Å². The van der Waals surface area contributed by atoms with Gasteiger partial charge in [0.2, 0.25) is 0 Å². The van der Waals surface area contributed by atoms with Crippen LogP contribution in [0.5, 0.6) is 11.5 Å². The molecule has 116 valence electrons. The van der Waals surface area contributed by atoms with E-state index in [1.165, 1.54) is 0 Å². The molecule has 0 atom stereocenters. The van der Waals surface area contributed by atoms with Gasteiger partial charge in [-0.3, -0.25) is 0 Å². The minimum atomic E-state index is -0.206. The topological polar surface area (TPSA) is 58.9 Å². The fraction of sp³-hybridized carbons (Fsp3) is 0.222. The molecule has 2 aromatic rings. The first-order valence-corrected chi connectivity index (χ1v) is 6.90. The van der Waals surface area contributed by atoms with Gasteiger partial charge in [-0.25, -0.2) is 0 Å². The monoisotopic (exact) mass is 300 g/mol. The lowest BCUT2D eigenvalue weighted by atomic mass is 9.94. The van der Waals surface area contributed by atoms with Crippen LogP contribution in [-0.2, 0) is 13.2 Å². The minimum Gasteiger partial charge on any atom is -0.497 e. The molecule has 0 heterocycles. The van der Waals surface area contributed by atoms with E-state index < -0.39 is 0 Å². The summed E-state index contributed by atoms with van der Waals surface area (Å²) < 4.78 is 10.6. The van der Waals surface area contributed by atoms with Gasteiger partial charge in [-0.05, 0) is 28.8 Å². The van der Waals surface area contributed by atoms with Crippen molar-refractivity contribution >= 4 is 5.57 Å². The fourth-order valence-electron chi connectivity index (χ4n) is 2.41. The van der Waals surface area contributed by atoms with Crippen LogP contribution >= 0.6 is 0 Å². The predicted octanol–water partition coefficient (Wildman–Crippen LogP) is 2.75. The fourth-order valence-corrected chi connectivity index (χ4v) is 2.41. The van der Waals surface area contributed by atoms with Crippen molar-refractivity contribution < 1.29 is 19.7 Å². The predicted molar refractivity (Wildman–Crippen MR) is 86.0 cm³/mol. The third-order valence-electron chi connectivity index (χ3n) is 3.65. The van der Waals surface area contributed by atoms with Crippen molar-refractivity contribution in [1.82, 2.24) is 0 Å². The lowest BCUT2D eigenvalue weighted by Crippen LogP contribution is -2.02. The van der Waals surface area contributed by atoms with Gasteiger partial charge in [0.25, 0.3) is 0 Å². The third kappa shape index (κ3) is 2.98. The second-order valence-electron chi connectivity index (χ2n) is 4.81. The molecule has 0 aromatic heterocycles. The molecule has 0 saturated heterocycles. The summed E-state index contributed by atoms with van der Waals surface area (Å²) in [6.07, 6.45) is 0. The van der Waals surface area contributed by atoms with Crippen LogP contribution in [0.4, 0.5) is 0 Å². The van der Waals surface area contributed by atoms with Crippen LogP contribution < -0.4 is 9.47 Å². The van der Waals surface area contributed by atoms with Crippen LogP contribution in [-0.4, -0.2) is 24.4 Å². The zero-order chi connectivity index (χ0) is 16.1. The van der Waals surface area contributed by atoms with Crippen LogP contribution in [0, 0.1) is 0 Å². The molecule has 0 bridgehead atoms. The van der Waals surface area contributed by atoms with Crippen molar-refractivity contribution in [3.63, 3.8) is 0 Å². The normalized spacial score (nSPS) is 10.4. The Kier molecular flexibility index (Phi) is 5.20. The molecule has 0 spiro atoms. The smallest absolute Gasteiger partial charge is 0.132 e. The van der Waals surface area contributed by atoms with Crippen molar-refractivity contribution in [2.75, 3.05) is 14.2 Å². The highest BCUT2D eigenvalue weighted by molar-refractivity contribution is 5.82. The Balaban J connectivity index is 2.48. The number of hydrogen-bond donors (Lipinski definition) is 2. The molecule has 0 radical (unpaired) electrons. The van der Waals surface area contributed by atoms with Crippen molar-refractivity contribution in [2.24, 2.45) is 0 Å². The molecule has 2 rings (SSSR count). The molecule has 2 aromatic carbocycles. The van der Waals surface area contributed by atoms with Crippen LogP contribution in [0.2, 0.25) is 0 Å². The summed E-state index contributed by atoms with van der Waals surface area (Å²) in [5.74, 6) is 1.31. The summed E-state index contributed by atoms with van der Waals surface area (Å²) in [6.45, 7) is 3.77. The zero-order valence-electron chi connectivity index (χ0n) is 12.8. The number of methoxy groups -OCH3 is 2. The lowest BCUT2D eigenvalue weighted by Gasteiger charge is -2.17. The average molecular weight is 300 g/mol. The maximum Gasteiger partial charge on any atom is 0.132 e. The SMILES string of the molecule is C=C(c1ccc(OC)cc1)c1ccc(CO)c(CO)c1OC. The second kappa shape index (κ2) is 7.11. The lowest BCUT2D eigenvalue weighted by molar-refractivity contribution is 0.254. The largest absolute Gasteiger partial charge is 0.497 e. The van der Waals surface area contributed by atoms with Crippen molar-refractivity contribution in [2.45, 2.75) is 13.2 Å². The van der Waals surface area contributed by atoms with Crippen molar-refractivity contribution in [3.8, 4) is 11.5 Å². The van der Waals surface area contributed by atoms with Gasteiger partial charge in [0.05, 0.1) is 27.4 Å². The minimum absolute atomic E-state index is 0.151. The summed E-state index contributed by atoms with van der Waals surface area (Å²) in [7, 11) is 3.16. The van der Waals surface area contributed by atoms with Crippen molar-refractivity contribution in [1.29, 1.82) is 0 Å². The summed E-state index contributed by atoms with van der Waals surface area (Å²) >= 11 is 0. The molecule has 4 heteroatoms. The third-order valence-corrected chi connectivity index (χ3v) is 3.65. The average Bonchev–Trinajstić information content (AvgIpc) is 2.59. The van der Waals surface area contributed by atoms with Crippen LogP contribution in [0.25, 0.3) is 5.57 Å². The first-order chi connectivity index (χ1) is 10.7. The molecule has 4 nitrogen and oxygen atoms in total. The summed E-state index contributed by atoms with van der Waals surface area (Å²) in [4.78, 5) is 0. The highest BCUT2D eigenvalue weighted by atomic mass is 16.5. The highest BCUT2D eigenvalue weighted by Crippen LogP contribution is 2.35. The van der Waals surface area contributed by atoms with Gasteiger partial charge >= 0.3 is 0 Å².